The second-order valence-electron chi connectivity index (χ2n) is 9.20. The van der Waals surface area contributed by atoms with Crippen LogP contribution in [0.4, 0.5) is 5.69 Å². The van der Waals surface area contributed by atoms with E-state index in [0.717, 1.165) is 28.1 Å². The molecule has 0 aliphatic carbocycles. The summed E-state index contributed by atoms with van der Waals surface area (Å²) in [7, 11) is 0. The van der Waals surface area contributed by atoms with Gasteiger partial charge in [0.2, 0.25) is 5.91 Å². The highest BCUT2D eigenvalue weighted by molar-refractivity contribution is 6.06. The molecule has 1 aliphatic rings. The molecule has 0 fully saturated rings. The van der Waals surface area contributed by atoms with E-state index in [0.29, 0.717) is 34.3 Å². The molecule has 4 heterocycles. The van der Waals surface area contributed by atoms with E-state index in [1.54, 1.807) is 16.9 Å². The molecule has 0 atom stereocenters. The number of anilines is 1. The molecule has 3 N–H and O–H groups in total. The number of hydrogen-bond acceptors (Lipinski definition) is 5. The van der Waals surface area contributed by atoms with Crippen molar-refractivity contribution >= 4 is 28.5 Å². The normalized spacial score (nSPS) is 12.8. The fraction of sp³-hybridized carbons (Fsp3) is 0.269. The molecular formula is C26H26N6O3. The second-order valence-corrected chi connectivity index (χ2v) is 9.20. The molecule has 0 unspecified atom stereocenters. The number of rotatable bonds is 5. The predicted molar refractivity (Wildman–Crippen MR) is 133 cm³/mol. The lowest BCUT2D eigenvalue weighted by atomic mass is 10.0. The molecule has 0 spiro atoms. The number of benzene rings is 1. The van der Waals surface area contributed by atoms with Crippen LogP contribution in [-0.2, 0) is 17.8 Å². The SMILES string of the molecule is Cc1cc(C)c(CNC(=O)c2cc(-c3ccc4c(c3)CC(=O)N4)nc3c2cnn3C(C)C)c(=O)[nH]1. The summed E-state index contributed by atoms with van der Waals surface area (Å²) in [5.41, 5.74) is 6.03. The molecule has 0 saturated heterocycles. The Balaban J connectivity index is 1.56. The maximum atomic E-state index is 13.4. The number of fused-ring (bicyclic) bond motifs is 2. The molecule has 0 radical (unpaired) electrons. The average Bonchev–Trinajstić information content (AvgIpc) is 3.39. The number of nitrogens with zero attached hydrogens (tertiary/aromatic N) is 3. The highest BCUT2D eigenvalue weighted by atomic mass is 16.2. The van der Waals surface area contributed by atoms with Gasteiger partial charge in [-0.3, -0.25) is 14.4 Å². The lowest BCUT2D eigenvalue weighted by Crippen LogP contribution is -2.28. The van der Waals surface area contributed by atoms with E-state index < -0.39 is 0 Å². The number of amides is 2. The zero-order valence-corrected chi connectivity index (χ0v) is 20.0. The van der Waals surface area contributed by atoms with Gasteiger partial charge in [0.25, 0.3) is 11.5 Å². The van der Waals surface area contributed by atoms with Crippen LogP contribution in [0.2, 0.25) is 0 Å². The van der Waals surface area contributed by atoms with Gasteiger partial charge >= 0.3 is 0 Å². The summed E-state index contributed by atoms with van der Waals surface area (Å²) in [6.07, 6.45) is 1.96. The Labute approximate surface area is 201 Å². The van der Waals surface area contributed by atoms with Gasteiger partial charge in [0.15, 0.2) is 5.65 Å². The molecule has 178 valence electrons. The standard InChI is InChI=1S/C26H26N6O3/c1-13(2)32-24-20(12-28-32)18(25(34)27-11-19-14(3)7-15(4)29-26(19)35)10-22(31-24)16-5-6-21-17(8-16)9-23(33)30-21/h5-8,10,12-13H,9,11H2,1-4H3,(H,27,34)(H,29,35)(H,30,33). The number of aromatic amines is 1. The molecule has 1 aromatic carbocycles. The van der Waals surface area contributed by atoms with E-state index >= 15 is 0 Å². The number of pyridine rings is 2. The lowest BCUT2D eigenvalue weighted by molar-refractivity contribution is -0.115. The van der Waals surface area contributed by atoms with E-state index in [9.17, 15) is 14.4 Å². The smallest absolute Gasteiger partial charge is 0.253 e. The average molecular weight is 471 g/mol. The Kier molecular flexibility index (Phi) is 5.47. The van der Waals surface area contributed by atoms with Crippen LogP contribution in [0.1, 0.15) is 52.6 Å². The first kappa shape index (κ1) is 22.5. The minimum Gasteiger partial charge on any atom is -0.348 e. The molecule has 35 heavy (non-hydrogen) atoms. The van der Waals surface area contributed by atoms with Crippen molar-refractivity contribution in [2.45, 2.75) is 46.7 Å². The van der Waals surface area contributed by atoms with Gasteiger partial charge in [0, 0.05) is 35.1 Å². The van der Waals surface area contributed by atoms with Crippen LogP contribution in [0.3, 0.4) is 0 Å². The monoisotopic (exact) mass is 470 g/mol. The van der Waals surface area contributed by atoms with Gasteiger partial charge in [-0.2, -0.15) is 5.10 Å². The summed E-state index contributed by atoms with van der Waals surface area (Å²) in [5.74, 6) is -0.362. The van der Waals surface area contributed by atoms with E-state index in [-0.39, 0.29) is 30.0 Å². The summed E-state index contributed by atoms with van der Waals surface area (Å²) in [6.45, 7) is 7.78. The third-order valence-corrected chi connectivity index (χ3v) is 6.25. The van der Waals surface area contributed by atoms with Gasteiger partial charge in [-0.25, -0.2) is 9.67 Å². The largest absolute Gasteiger partial charge is 0.348 e. The van der Waals surface area contributed by atoms with Gasteiger partial charge in [-0.1, -0.05) is 6.07 Å². The molecule has 3 aromatic heterocycles. The molecular weight excluding hydrogens is 444 g/mol. The van der Waals surface area contributed by atoms with Crippen molar-refractivity contribution in [3.05, 3.63) is 74.8 Å². The van der Waals surface area contributed by atoms with Gasteiger partial charge in [0.1, 0.15) is 0 Å². The Morgan fingerprint density at radius 3 is 2.71 bits per heavy atom. The molecule has 2 amide bonds. The Morgan fingerprint density at radius 1 is 1.17 bits per heavy atom. The van der Waals surface area contributed by atoms with Gasteiger partial charge in [0.05, 0.1) is 29.3 Å². The molecule has 1 aliphatic heterocycles. The van der Waals surface area contributed by atoms with Crippen LogP contribution in [-0.4, -0.2) is 31.6 Å². The van der Waals surface area contributed by atoms with Crippen LogP contribution >= 0.6 is 0 Å². The highest BCUT2D eigenvalue weighted by Crippen LogP contribution is 2.31. The number of nitrogens with one attached hydrogen (secondary N) is 3. The number of carbonyl (C=O) groups excluding carboxylic acids is 2. The predicted octanol–water partition coefficient (Wildman–Crippen LogP) is 3.41. The van der Waals surface area contributed by atoms with Gasteiger partial charge in [-0.05, 0) is 63.1 Å². The Morgan fingerprint density at radius 2 is 1.97 bits per heavy atom. The Bertz CT molecular complexity index is 1560. The van der Waals surface area contributed by atoms with Crippen molar-refractivity contribution in [1.29, 1.82) is 0 Å². The Hall–Kier alpha value is -4.27. The van der Waals surface area contributed by atoms with Crippen LogP contribution in [0.5, 0.6) is 0 Å². The topological polar surface area (TPSA) is 122 Å². The van der Waals surface area contributed by atoms with Crippen LogP contribution in [0.25, 0.3) is 22.3 Å². The van der Waals surface area contributed by atoms with Gasteiger partial charge < -0.3 is 15.6 Å². The fourth-order valence-electron chi connectivity index (χ4n) is 4.49. The highest BCUT2D eigenvalue weighted by Gasteiger charge is 2.21. The van der Waals surface area contributed by atoms with Crippen LogP contribution in [0.15, 0.2) is 41.3 Å². The number of H-pyrrole nitrogens is 1. The summed E-state index contributed by atoms with van der Waals surface area (Å²) < 4.78 is 1.78. The quantitative estimate of drug-likeness (QED) is 0.413. The number of hydrogen-bond donors (Lipinski definition) is 3. The number of aromatic nitrogens is 4. The van der Waals surface area contributed by atoms with E-state index in [4.69, 9.17) is 4.98 Å². The molecule has 9 nitrogen and oxygen atoms in total. The van der Waals surface area contributed by atoms with E-state index in [1.807, 2.05) is 52.0 Å². The maximum Gasteiger partial charge on any atom is 0.253 e. The summed E-state index contributed by atoms with van der Waals surface area (Å²) in [6, 6.07) is 9.32. The maximum absolute atomic E-state index is 13.4. The molecule has 4 aromatic rings. The first-order chi connectivity index (χ1) is 16.7. The van der Waals surface area contributed by atoms with Crippen molar-refractivity contribution in [3.63, 3.8) is 0 Å². The van der Waals surface area contributed by atoms with Crippen molar-refractivity contribution in [1.82, 2.24) is 25.1 Å². The molecule has 0 bridgehead atoms. The third kappa shape index (κ3) is 4.09. The third-order valence-electron chi connectivity index (χ3n) is 6.25. The zero-order valence-electron chi connectivity index (χ0n) is 20.0. The summed E-state index contributed by atoms with van der Waals surface area (Å²) in [4.78, 5) is 45.2. The van der Waals surface area contributed by atoms with Crippen LogP contribution < -0.4 is 16.2 Å². The van der Waals surface area contributed by atoms with Crippen molar-refractivity contribution in [2.75, 3.05) is 5.32 Å². The fourth-order valence-corrected chi connectivity index (χ4v) is 4.49. The number of aryl methyl sites for hydroxylation is 2. The molecule has 9 heteroatoms. The van der Waals surface area contributed by atoms with E-state index in [1.165, 1.54) is 0 Å². The van der Waals surface area contributed by atoms with Crippen molar-refractivity contribution in [2.24, 2.45) is 0 Å². The molecule has 0 saturated carbocycles. The first-order valence-corrected chi connectivity index (χ1v) is 11.5. The lowest BCUT2D eigenvalue weighted by Gasteiger charge is -2.12. The van der Waals surface area contributed by atoms with Gasteiger partial charge in [-0.15, -0.1) is 0 Å². The minimum atomic E-state index is -0.320. The molecule has 5 rings (SSSR count). The summed E-state index contributed by atoms with van der Waals surface area (Å²) in [5, 5.41) is 10.8. The second kappa shape index (κ2) is 8.50. The zero-order chi connectivity index (χ0) is 24.9. The first-order valence-electron chi connectivity index (χ1n) is 11.5. The summed E-state index contributed by atoms with van der Waals surface area (Å²) >= 11 is 0. The van der Waals surface area contributed by atoms with Crippen molar-refractivity contribution in [3.8, 4) is 11.3 Å². The number of carbonyl (C=O) groups is 2. The minimum absolute atomic E-state index is 0.0418. The van der Waals surface area contributed by atoms with Crippen LogP contribution in [0, 0.1) is 13.8 Å². The van der Waals surface area contributed by atoms with Crippen molar-refractivity contribution < 1.29 is 9.59 Å². The van der Waals surface area contributed by atoms with E-state index in [2.05, 4.69) is 20.7 Å².